The van der Waals surface area contributed by atoms with Gasteiger partial charge < -0.3 is 15.4 Å². The minimum Gasteiger partial charge on any atom is -0.372 e. The first-order valence-electron chi connectivity index (χ1n) is 7.94. The molecule has 1 saturated heterocycles. The van der Waals surface area contributed by atoms with Crippen molar-refractivity contribution >= 4 is 23.3 Å². The highest BCUT2D eigenvalue weighted by molar-refractivity contribution is 6.30. The summed E-state index contributed by atoms with van der Waals surface area (Å²) in [5.41, 5.74) is 1.94. The number of hydrogen-bond donors (Lipinski definition) is 2. The van der Waals surface area contributed by atoms with Crippen LogP contribution in [-0.4, -0.2) is 34.9 Å². The lowest BCUT2D eigenvalue weighted by atomic mass is 10.0. The molecule has 3 rings (SSSR count). The number of rotatable bonds is 5. The molecule has 1 aliphatic heterocycles. The van der Waals surface area contributed by atoms with Gasteiger partial charge in [0.1, 0.15) is 5.82 Å². The second-order valence-corrected chi connectivity index (χ2v) is 6.40. The van der Waals surface area contributed by atoms with Crippen LogP contribution in [0.15, 0.2) is 30.3 Å². The van der Waals surface area contributed by atoms with E-state index >= 15 is 0 Å². The topological polar surface area (TPSA) is 68.2 Å². The molecule has 0 spiro atoms. The number of anilines is 1. The summed E-state index contributed by atoms with van der Waals surface area (Å²) in [5.74, 6) is 0.593. The van der Waals surface area contributed by atoms with Gasteiger partial charge in [-0.25, -0.2) is 0 Å². The number of amides is 1. The van der Waals surface area contributed by atoms with Crippen molar-refractivity contribution in [3.63, 3.8) is 0 Å². The zero-order valence-corrected chi connectivity index (χ0v) is 14.5. The molecule has 2 heterocycles. The average Bonchev–Trinajstić information content (AvgIpc) is 3.13. The summed E-state index contributed by atoms with van der Waals surface area (Å²) in [4.78, 5) is 12.1. The Morgan fingerprint density at radius 2 is 2.17 bits per heavy atom. The van der Waals surface area contributed by atoms with Crippen molar-refractivity contribution in [2.75, 3.05) is 18.5 Å². The van der Waals surface area contributed by atoms with Crippen LogP contribution < -0.4 is 10.6 Å². The van der Waals surface area contributed by atoms with E-state index in [1.165, 1.54) is 0 Å². The lowest BCUT2D eigenvalue weighted by Gasteiger charge is -2.20. The van der Waals surface area contributed by atoms with Crippen molar-refractivity contribution in [1.82, 2.24) is 15.1 Å². The zero-order valence-electron chi connectivity index (χ0n) is 13.8. The first-order valence-corrected chi connectivity index (χ1v) is 8.31. The third kappa shape index (κ3) is 3.95. The number of aromatic nitrogens is 2. The van der Waals surface area contributed by atoms with E-state index in [4.69, 9.17) is 16.3 Å². The summed E-state index contributed by atoms with van der Waals surface area (Å²) in [6, 6.07) is 9.58. The molecular formula is C17H21ClN4O2. The number of halogens is 1. The highest BCUT2D eigenvalue weighted by atomic mass is 35.5. The Balaban J connectivity index is 1.56. The van der Waals surface area contributed by atoms with Crippen LogP contribution >= 0.6 is 11.6 Å². The normalized spacial score (nSPS) is 20.3. The van der Waals surface area contributed by atoms with Crippen LogP contribution in [0.1, 0.15) is 23.8 Å². The van der Waals surface area contributed by atoms with Crippen molar-refractivity contribution in [3.05, 3.63) is 46.6 Å². The van der Waals surface area contributed by atoms with Crippen LogP contribution in [0.5, 0.6) is 0 Å². The molecule has 6 nitrogen and oxygen atoms in total. The van der Waals surface area contributed by atoms with Crippen molar-refractivity contribution in [2.24, 2.45) is 7.05 Å². The molecule has 2 aromatic rings. The molecule has 1 fully saturated rings. The summed E-state index contributed by atoms with van der Waals surface area (Å²) in [6.45, 7) is 2.79. The molecule has 2 N–H and O–H groups in total. The SMILES string of the molecule is Cc1cc(NC(=O)CN[C@H]2CCO[C@H]2c2ccc(Cl)cc2)n(C)n1. The first kappa shape index (κ1) is 17.0. The fourth-order valence-electron chi connectivity index (χ4n) is 2.92. The molecule has 0 bridgehead atoms. The van der Waals surface area contributed by atoms with Gasteiger partial charge in [-0.3, -0.25) is 9.48 Å². The predicted octanol–water partition coefficient (Wildman–Crippen LogP) is 2.44. The van der Waals surface area contributed by atoms with E-state index in [0.29, 0.717) is 17.4 Å². The van der Waals surface area contributed by atoms with Crippen LogP contribution in [-0.2, 0) is 16.6 Å². The van der Waals surface area contributed by atoms with Gasteiger partial charge in [0.05, 0.1) is 18.3 Å². The molecule has 1 aromatic carbocycles. The van der Waals surface area contributed by atoms with Crippen LogP contribution in [0.3, 0.4) is 0 Å². The van der Waals surface area contributed by atoms with Gasteiger partial charge in [-0.05, 0) is 31.0 Å². The Kier molecular flexibility index (Phi) is 5.18. The molecule has 0 aliphatic carbocycles. The van der Waals surface area contributed by atoms with Crippen molar-refractivity contribution in [3.8, 4) is 0 Å². The highest BCUT2D eigenvalue weighted by Gasteiger charge is 2.29. The maximum Gasteiger partial charge on any atom is 0.239 e. The van der Waals surface area contributed by atoms with Gasteiger partial charge in [0.2, 0.25) is 5.91 Å². The summed E-state index contributed by atoms with van der Waals surface area (Å²) >= 11 is 5.93. The summed E-state index contributed by atoms with van der Waals surface area (Å²) in [7, 11) is 1.80. The predicted molar refractivity (Wildman–Crippen MR) is 93.1 cm³/mol. The van der Waals surface area contributed by atoms with Crippen LogP contribution in [0.4, 0.5) is 5.82 Å². The van der Waals surface area contributed by atoms with Gasteiger partial charge in [0.25, 0.3) is 0 Å². The largest absolute Gasteiger partial charge is 0.372 e. The number of carbonyl (C=O) groups excluding carboxylic acids is 1. The number of hydrogen-bond acceptors (Lipinski definition) is 4. The number of aryl methyl sites for hydroxylation is 2. The molecule has 24 heavy (non-hydrogen) atoms. The van der Waals surface area contributed by atoms with Gasteiger partial charge in [-0.2, -0.15) is 5.10 Å². The maximum atomic E-state index is 12.1. The van der Waals surface area contributed by atoms with E-state index in [2.05, 4.69) is 15.7 Å². The smallest absolute Gasteiger partial charge is 0.239 e. The fraction of sp³-hybridized carbons (Fsp3) is 0.412. The zero-order chi connectivity index (χ0) is 17.1. The second-order valence-electron chi connectivity index (χ2n) is 5.96. The molecule has 128 valence electrons. The van der Waals surface area contributed by atoms with Crippen molar-refractivity contribution in [1.29, 1.82) is 0 Å². The van der Waals surface area contributed by atoms with Crippen LogP contribution in [0.25, 0.3) is 0 Å². The number of ether oxygens (including phenoxy) is 1. The Bertz CT molecular complexity index is 714. The van der Waals surface area contributed by atoms with E-state index in [1.54, 1.807) is 11.7 Å². The molecule has 0 unspecified atom stereocenters. The molecule has 0 saturated carbocycles. The Hall–Kier alpha value is -1.89. The van der Waals surface area contributed by atoms with E-state index in [9.17, 15) is 4.79 Å². The molecule has 1 aliphatic rings. The molecule has 7 heteroatoms. The molecule has 1 amide bonds. The Labute approximate surface area is 146 Å². The summed E-state index contributed by atoms with van der Waals surface area (Å²) in [6.07, 6.45) is 0.805. The van der Waals surface area contributed by atoms with E-state index < -0.39 is 0 Å². The quantitative estimate of drug-likeness (QED) is 0.870. The van der Waals surface area contributed by atoms with Gasteiger partial charge >= 0.3 is 0 Å². The summed E-state index contributed by atoms with van der Waals surface area (Å²) in [5, 5.41) is 11.1. The lowest BCUT2D eigenvalue weighted by molar-refractivity contribution is -0.115. The lowest BCUT2D eigenvalue weighted by Crippen LogP contribution is -2.38. The minimum absolute atomic E-state index is 0.0611. The van der Waals surface area contributed by atoms with Crippen molar-refractivity contribution in [2.45, 2.75) is 25.5 Å². The van der Waals surface area contributed by atoms with Crippen LogP contribution in [0, 0.1) is 6.92 Å². The number of nitrogens with zero attached hydrogens (tertiary/aromatic N) is 2. The molecule has 0 radical (unpaired) electrons. The van der Waals surface area contributed by atoms with Crippen molar-refractivity contribution < 1.29 is 9.53 Å². The van der Waals surface area contributed by atoms with E-state index in [-0.39, 0.29) is 24.6 Å². The number of carbonyl (C=O) groups is 1. The monoisotopic (exact) mass is 348 g/mol. The first-order chi connectivity index (χ1) is 11.5. The second kappa shape index (κ2) is 7.34. The van der Waals surface area contributed by atoms with Crippen LogP contribution in [0.2, 0.25) is 5.02 Å². The third-order valence-electron chi connectivity index (χ3n) is 4.08. The van der Waals surface area contributed by atoms with Gasteiger partial charge in [0.15, 0.2) is 0 Å². The Morgan fingerprint density at radius 3 is 2.83 bits per heavy atom. The van der Waals surface area contributed by atoms with Gasteiger partial charge in [-0.1, -0.05) is 23.7 Å². The van der Waals surface area contributed by atoms with Gasteiger partial charge in [-0.15, -0.1) is 0 Å². The number of nitrogens with one attached hydrogen (secondary N) is 2. The highest BCUT2D eigenvalue weighted by Crippen LogP contribution is 2.29. The molecule has 1 aromatic heterocycles. The fourth-order valence-corrected chi connectivity index (χ4v) is 3.04. The van der Waals surface area contributed by atoms with E-state index in [0.717, 1.165) is 17.7 Å². The van der Waals surface area contributed by atoms with Gasteiger partial charge in [0, 0.05) is 30.8 Å². The Morgan fingerprint density at radius 1 is 1.42 bits per heavy atom. The molecule has 2 atom stereocenters. The maximum absolute atomic E-state index is 12.1. The average molecular weight is 349 g/mol. The standard InChI is InChI=1S/C17H21ClN4O2/c1-11-9-15(22(2)21-11)20-16(23)10-19-14-7-8-24-17(14)12-3-5-13(18)6-4-12/h3-6,9,14,17,19H,7-8,10H2,1-2H3,(H,20,23)/t14-,17-/m0/s1. The molecular weight excluding hydrogens is 328 g/mol. The van der Waals surface area contributed by atoms with E-state index in [1.807, 2.05) is 37.3 Å². The third-order valence-corrected chi connectivity index (χ3v) is 4.34. The minimum atomic E-state index is -0.0974. The summed E-state index contributed by atoms with van der Waals surface area (Å²) < 4.78 is 7.47. The number of benzene rings is 1.